The minimum Gasteiger partial charge on any atom is -0.339 e. The van der Waals surface area contributed by atoms with E-state index >= 15 is 0 Å². The molecule has 1 N–H and O–H groups in total. The summed E-state index contributed by atoms with van der Waals surface area (Å²) in [6, 6.07) is 8.28. The summed E-state index contributed by atoms with van der Waals surface area (Å²) in [6.07, 6.45) is 2.84. The maximum atomic E-state index is 4.40. The third kappa shape index (κ3) is 3.12. The molecule has 0 saturated carbocycles. The van der Waals surface area contributed by atoms with Crippen LogP contribution in [-0.4, -0.2) is 4.98 Å². The van der Waals surface area contributed by atoms with Crippen molar-refractivity contribution in [1.82, 2.24) is 4.98 Å². The molecule has 1 aromatic heterocycles. The molecular weight excluding hydrogens is 356 g/mol. The highest BCUT2D eigenvalue weighted by Gasteiger charge is 2.06. The molecule has 0 amide bonds. The molecule has 94 valence electrons. The predicted molar refractivity (Wildman–Crippen MR) is 83.5 cm³/mol. The summed E-state index contributed by atoms with van der Waals surface area (Å²) < 4.78 is 2.08. The first kappa shape index (κ1) is 13.6. The number of aromatic nitrogens is 1. The molecule has 0 saturated heterocycles. The molecule has 0 unspecified atom stereocenters. The van der Waals surface area contributed by atoms with E-state index in [0.29, 0.717) is 0 Å². The Morgan fingerprint density at radius 3 is 2.67 bits per heavy atom. The summed E-state index contributed by atoms with van der Waals surface area (Å²) in [7, 11) is 0. The Kier molecular flexibility index (Phi) is 4.40. The van der Waals surface area contributed by atoms with Crippen molar-refractivity contribution in [3.8, 4) is 0 Å². The zero-order valence-corrected chi connectivity index (χ0v) is 13.5. The molecule has 2 rings (SSSR count). The topological polar surface area (TPSA) is 24.9 Å². The minimum atomic E-state index is 0.845. The Hall–Kier alpha value is -0.870. The van der Waals surface area contributed by atoms with Crippen LogP contribution >= 0.6 is 31.9 Å². The molecule has 4 heteroatoms. The third-order valence-electron chi connectivity index (χ3n) is 2.68. The molecule has 0 radical (unpaired) electrons. The van der Waals surface area contributed by atoms with Crippen LogP contribution in [0.3, 0.4) is 0 Å². The zero-order chi connectivity index (χ0) is 13.1. The number of rotatable bonds is 3. The molecule has 0 aliphatic rings. The van der Waals surface area contributed by atoms with E-state index in [9.17, 15) is 0 Å². The lowest BCUT2D eigenvalue weighted by Crippen LogP contribution is -1.98. The van der Waals surface area contributed by atoms with Crippen molar-refractivity contribution in [2.75, 3.05) is 5.32 Å². The summed E-state index contributed by atoms with van der Waals surface area (Å²) in [6.45, 7) is 4.17. The maximum Gasteiger partial charge on any atom is 0.144 e. The highest BCUT2D eigenvalue weighted by molar-refractivity contribution is 9.10. The van der Waals surface area contributed by atoms with Crippen LogP contribution in [0.2, 0.25) is 0 Å². The third-order valence-corrected chi connectivity index (χ3v) is 3.78. The standard InChI is InChI=1S/C14H14Br2N2/c1-3-10-7-11(15)4-5-13(10)18-14-12(16)6-9(2)8-17-14/h4-8H,3H2,1-2H3,(H,17,18). The number of hydrogen-bond donors (Lipinski definition) is 1. The van der Waals surface area contributed by atoms with E-state index in [1.165, 1.54) is 5.56 Å². The van der Waals surface area contributed by atoms with Gasteiger partial charge >= 0.3 is 0 Å². The normalized spacial score (nSPS) is 10.4. The highest BCUT2D eigenvalue weighted by atomic mass is 79.9. The summed E-state index contributed by atoms with van der Waals surface area (Å²) in [5.74, 6) is 0.845. The lowest BCUT2D eigenvalue weighted by atomic mass is 10.1. The fraction of sp³-hybridized carbons (Fsp3) is 0.214. The second-order valence-corrected chi connectivity index (χ2v) is 5.89. The second-order valence-electron chi connectivity index (χ2n) is 4.12. The number of pyridine rings is 1. The largest absolute Gasteiger partial charge is 0.339 e. The number of anilines is 2. The molecule has 2 nitrogen and oxygen atoms in total. The SMILES string of the molecule is CCc1cc(Br)ccc1Nc1ncc(C)cc1Br. The summed E-state index contributed by atoms with van der Waals surface area (Å²) in [5.41, 5.74) is 3.50. The molecule has 0 atom stereocenters. The first-order chi connectivity index (χ1) is 8.60. The first-order valence-electron chi connectivity index (χ1n) is 5.77. The fourth-order valence-corrected chi connectivity index (χ4v) is 2.70. The number of nitrogens with zero attached hydrogens (tertiary/aromatic N) is 1. The second kappa shape index (κ2) is 5.85. The molecule has 18 heavy (non-hydrogen) atoms. The Morgan fingerprint density at radius 1 is 1.22 bits per heavy atom. The van der Waals surface area contributed by atoms with Gasteiger partial charge in [-0.2, -0.15) is 0 Å². The Labute approximate surface area is 124 Å². The minimum absolute atomic E-state index is 0.845. The Morgan fingerprint density at radius 2 is 2.00 bits per heavy atom. The van der Waals surface area contributed by atoms with Crippen LogP contribution in [0.4, 0.5) is 11.5 Å². The number of hydrogen-bond acceptors (Lipinski definition) is 2. The average molecular weight is 370 g/mol. The van der Waals surface area contributed by atoms with Gasteiger partial charge in [0.2, 0.25) is 0 Å². The van der Waals surface area contributed by atoms with Gasteiger partial charge in [-0.25, -0.2) is 4.98 Å². The number of halogens is 2. The van der Waals surface area contributed by atoms with E-state index in [1.807, 2.05) is 19.2 Å². The molecule has 1 aromatic carbocycles. The van der Waals surface area contributed by atoms with Crippen molar-refractivity contribution in [3.05, 3.63) is 50.5 Å². The number of aryl methyl sites for hydroxylation is 2. The highest BCUT2D eigenvalue weighted by Crippen LogP contribution is 2.28. The molecule has 0 fully saturated rings. The summed E-state index contributed by atoms with van der Waals surface area (Å²) in [5, 5.41) is 3.37. The lowest BCUT2D eigenvalue weighted by molar-refractivity contribution is 1.13. The molecular formula is C14H14Br2N2. The van der Waals surface area contributed by atoms with Crippen LogP contribution in [0, 0.1) is 6.92 Å². The quantitative estimate of drug-likeness (QED) is 0.801. The van der Waals surface area contributed by atoms with Crippen LogP contribution in [0.15, 0.2) is 39.4 Å². The van der Waals surface area contributed by atoms with Crippen molar-refractivity contribution in [2.24, 2.45) is 0 Å². The smallest absolute Gasteiger partial charge is 0.144 e. The van der Waals surface area contributed by atoms with Crippen molar-refractivity contribution in [2.45, 2.75) is 20.3 Å². The van der Waals surface area contributed by atoms with Gasteiger partial charge in [-0.15, -0.1) is 0 Å². The zero-order valence-electron chi connectivity index (χ0n) is 10.3. The first-order valence-corrected chi connectivity index (χ1v) is 7.36. The van der Waals surface area contributed by atoms with Crippen molar-refractivity contribution in [1.29, 1.82) is 0 Å². The fourth-order valence-electron chi connectivity index (χ4n) is 1.73. The Balaban J connectivity index is 2.33. The molecule has 0 spiro atoms. The average Bonchev–Trinajstić information content (AvgIpc) is 2.34. The predicted octanol–water partition coefficient (Wildman–Crippen LogP) is 5.22. The van der Waals surface area contributed by atoms with Gasteiger partial charge in [0, 0.05) is 16.4 Å². The van der Waals surface area contributed by atoms with Crippen molar-refractivity contribution in [3.63, 3.8) is 0 Å². The van der Waals surface area contributed by atoms with Gasteiger partial charge in [0.1, 0.15) is 5.82 Å². The van der Waals surface area contributed by atoms with E-state index in [0.717, 1.165) is 32.4 Å². The van der Waals surface area contributed by atoms with Gasteiger partial charge in [0.05, 0.1) is 4.47 Å². The number of benzene rings is 1. The molecule has 2 aromatic rings. The van der Waals surface area contributed by atoms with E-state index < -0.39 is 0 Å². The lowest BCUT2D eigenvalue weighted by Gasteiger charge is -2.12. The van der Waals surface area contributed by atoms with Crippen LogP contribution in [0.1, 0.15) is 18.1 Å². The molecule has 0 bridgehead atoms. The summed E-state index contributed by atoms with van der Waals surface area (Å²) in [4.78, 5) is 4.40. The van der Waals surface area contributed by atoms with Gasteiger partial charge in [0.15, 0.2) is 0 Å². The van der Waals surface area contributed by atoms with Crippen LogP contribution in [-0.2, 0) is 6.42 Å². The van der Waals surface area contributed by atoms with Crippen LogP contribution in [0.25, 0.3) is 0 Å². The van der Waals surface area contributed by atoms with Gasteiger partial charge in [-0.3, -0.25) is 0 Å². The van der Waals surface area contributed by atoms with Crippen molar-refractivity contribution >= 4 is 43.4 Å². The van der Waals surface area contributed by atoms with Gasteiger partial charge in [0.25, 0.3) is 0 Å². The van der Waals surface area contributed by atoms with Crippen molar-refractivity contribution < 1.29 is 0 Å². The number of nitrogens with one attached hydrogen (secondary N) is 1. The van der Waals surface area contributed by atoms with Gasteiger partial charge in [-0.1, -0.05) is 22.9 Å². The molecule has 0 aliphatic heterocycles. The van der Waals surface area contributed by atoms with E-state index in [2.05, 4.69) is 67.3 Å². The monoisotopic (exact) mass is 368 g/mol. The molecule has 0 aliphatic carbocycles. The van der Waals surface area contributed by atoms with Gasteiger partial charge in [-0.05, 0) is 64.7 Å². The van der Waals surface area contributed by atoms with E-state index in [1.54, 1.807) is 0 Å². The maximum absolute atomic E-state index is 4.40. The van der Waals surface area contributed by atoms with Crippen LogP contribution < -0.4 is 5.32 Å². The van der Waals surface area contributed by atoms with E-state index in [4.69, 9.17) is 0 Å². The summed E-state index contributed by atoms with van der Waals surface area (Å²) >= 11 is 7.03. The van der Waals surface area contributed by atoms with Gasteiger partial charge < -0.3 is 5.32 Å². The van der Waals surface area contributed by atoms with E-state index in [-0.39, 0.29) is 0 Å². The Bertz CT molecular complexity index is 568. The molecule has 1 heterocycles. The van der Waals surface area contributed by atoms with Crippen LogP contribution in [0.5, 0.6) is 0 Å².